The standard InChI is InChI=1S/C22H22F2N6O/c1-13(17-3-2-14(10-25)11-27-17)30-21-16(24)8-15(23)9-18(21)28-22(30)29-6-4-20-19(12-29)26-5-7-31-20/h2-3,8-9,11,13,19-20,26H,4-7,12H2,1H3/t13-,19+,20+/m0/s1. The van der Waals surface area contributed by atoms with Gasteiger partial charge in [-0.15, -0.1) is 0 Å². The fourth-order valence-corrected chi connectivity index (χ4v) is 4.54. The molecule has 0 unspecified atom stereocenters. The van der Waals surface area contributed by atoms with Crippen LogP contribution in [0.15, 0.2) is 30.5 Å². The van der Waals surface area contributed by atoms with Gasteiger partial charge < -0.3 is 15.0 Å². The third-order valence-corrected chi connectivity index (χ3v) is 6.09. The average molecular weight is 424 g/mol. The van der Waals surface area contributed by atoms with Crippen LogP contribution in [0.25, 0.3) is 11.0 Å². The Hall–Kier alpha value is -3.09. The Morgan fingerprint density at radius 1 is 1.32 bits per heavy atom. The number of nitrogens with one attached hydrogen (secondary N) is 1. The highest BCUT2D eigenvalue weighted by molar-refractivity contribution is 5.80. The number of halogens is 2. The predicted octanol–water partition coefficient (Wildman–Crippen LogP) is 2.76. The lowest BCUT2D eigenvalue weighted by atomic mass is 10.0. The number of ether oxygens (including phenoxy) is 1. The minimum Gasteiger partial charge on any atom is -0.375 e. The van der Waals surface area contributed by atoms with E-state index >= 15 is 0 Å². The molecule has 5 rings (SSSR count). The summed E-state index contributed by atoms with van der Waals surface area (Å²) in [5.74, 6) is -0.751. The molecule has 0 amide bonds. The molecule has 1 aromatic carbocycles. The quantitative estimate of drug-likeness (QED) is 0.697. The van der Waals surface area contributed by atoms with E-state index in [1.807, 2.05) is 6.92 Å². The lowest BCUT2D eigenvalue weighted by Crippen LogP contribution is -2.58. The Labute approximate surface area is 178 Å². The molecule has 0 bridgehead atoms. The highest BCUT2D eigenvalue weighted by Crippen LogP contribution is 2.33. The van der Waals surface area contributed by atoms with E-state index < -0.39 is 11.6 Å². The van der Waals surface area contributed by atoms with Gasteiger partial charge in [0, 0.05) is 38.0 Å². The number of hydrogen-bond acceptors (Lipinski definition) is 6. The molecule has 2 aromatic heterocycles. The number of piperidine rings is 1. The molecule has 7 nitrogen and oxygen atoms in total. The Bertz CT molecular complexity index is 1160. The third kappa shape index (κ3) is 3.52. The van der Waals surface area contributed by atoms with Crippen LogP contribution in [0, 0.1) is 23.0 Å². The van der Waals surface area contributed by atoms with Gasteiger partial charge in [-0.3, -0.25) is 9.55 Å². The number of benzene rings is 1. The molecule has 2 aliphatic heterocycles. The molecule has 0 aliphatic carbocycles. The first-order chi connectivity index (χ1) is 15.0. The Morgan fingerprint density at radius 3 is 2.97 bits per heavy atom. The van der Waals surface area contributed by atoms with E-state index in [-0.39, 0.29) is 29.2 Å². The maximum absolute atomic E-state index is 14.9. The van der Waals surface area contributed by atoms with Gasteiger partial charge in [0.05, 0.1) is 41.6 Å². The molecule has 0 radical (unpaired) electrons. The molecule has 2 saturated heterocycles. The topological polar surface area (TPSA) is 79.0 Å². The van der Waals surface area contributed by atoms with Gasteiger partial charge in [-0.1, -0.05) is 0 Å². The van der Waals surface area contributed by atoms with Crippen molar-refractivity contribution in [3.8, 4) is 6.07 Å². The Kier molecular flexibility index (Phi) is 5.04. The minimum absolute atomic E-state index is 0.148. The summed E-state index contributed by atoms with van der Waals surface area (Å²) < 4.78 is 36.5. The van der Waals surface area contributed by atoms with Gasteiger partial charge >= 0.3 is 0 Å². The van der Waals surface area contributed by atoms with Crippen molar-refractivity contribution in [3.05, 3.63) is 53.4 Å². The first-order valence-electron chi connectivity index (χ1n) is 10.4. The first-order valence-corrected chi connectivity index (χ1v) is 10.4. The number of fused-ring (bicyclic) bond motifs is 2. The van der Waals surface area contributed by atoms with E-state index in [9.17, 15) is 8.78 Å². The molecule has 3 atom stereocenters. The maximum atomic E-state index is 14.9. The second kappa shape index (κ2) is 7.87. The Balaban J connectivity index is 1.60. The fraction of sp³-hybridized carbons (Fsp3) is 0.409. The molecule has 4 heterocycles. The Morgan fingerprint density at radius 2 is 2.19 bits per heavy atom. The number of hydrogen-bond donors (Lipinski definition) is 1. The smallest absolute Gasteiger partial charge is 0.207 e. The third-order valence-electron chi connectivity index (χ3n) is 6.09. The van der Waals surface area contributed by atoms with Crippen LogP contribution in [0.5, 0.6) is 0 Å². The summed E-state index contributed by atoms with van der Waals surface area (Å²) in [6, 6.07) is 7.40. The van der Waals surface area contributed by atoms with E-state index in [4.69, 9.17) is 10.00 Å². The molecule has 9 heteroatoms. The molecule has 2 aliphatic rings. The fourth-order valence-electron chi connectivity index (χ4n) is 4.54. The number of imidazole rings is 1. The van der Waals surface area contributed by atoms with Gasteiger partial charge in [0.2, 0.25) is 5.95 Å². The summed E-state index contributed by atoms with van der Waals surface area (Å²) in [6.07, 6.45) is 2.46. The van der Waals surface area contributed by atoms with Crippen molar-refractivity contribution in [1.82, 2.24) is 19.9 Å². The van der Waals surface area contributed by atoms with Crippen LogP contribution in [0.2, 0.25) is 0 Å². The number of anilines is 1. The average Bonchev–Trinajstić information content (AvgIpc) is 3.18. The second-order valence-corrected chi connectivity index (χ2v) is 8.00. The number of nitrogens with zero attached hydrogens (tertiary/aromatic N) is 5. The largest absolute Gasteiger partial charge is 0.375 e. The van der Waals surface area contributed by atoms with E-state index in [2.05, 4.69) is 26.3 Å². The lowest BCUT2D eigenvalue weighted by Gasteiger charge is -2.42. The van der Waals surface area contributed by atoms with Crippen LogP contribution in [0.3, 0.4) is 0 Å². The van der Waals surface area contributed by atoms with E-state index in [1.54, 1.807) is 16.7 Å². The molecule has 0 spiro atoms. The summed E-state index contributed by atoms with van der Waals surface area (Å²) in [5.41, 5.74) is 1.62. The van der Waals surface area contributed by atoms with Crippen LogP contribution in [0.4, 0.5) is 14.7 Å². The molecule has 31 heavy (non-hydrogen) atoms. The van der Waals surface area contributed by atoms with Crippen LogP contribution >= 0.6 is 0 Å². The van der Waals surface area contributed by atoms with Gasteiger partial charge in [-0.05, 0) is 25.5 Å². The number of nitriles is 1. The van der Waals surface area contributed by atoms with Gasteiger partial charge in [0.15, 0.2) is 5.82 Å². The number of pyridine rings is 1. The molecular weight excluding hydrogens is 402 g/mol. The van der Waals surface area contributed by atoms with Gasteiger partial charge in [0.1, 0.15) is 17.4 Å². The summed E-state index contributed by atoms with van der Waals surface area (Å²) in [6.45, 7) is 4.74. The van der Waals surface area contributed by atoms with Crippen molar-refractivity contribution in [2.75, 3.05) is 31.1 Å². The van der Waals surface area contributed by atoms with Gasteiger partial charge in [0.25, 0.3) is 0 Å². The zero-order valence-corrected chi connectivity index (χ0v) is 17.1. The number of aromatic nitrogens is 3. The van der Waals surface area contributed by atoms with E-state index in [0.29, 0.717) is 36.9 Å². The molecule has 0 saturated carbocycles. The SMILES string of the molecule is C[C@@H](c1ccc(C#N)cn1)n1c(N2CC[C@H]3OCCN[C@@H]3C2)nc2cc(F)cc(F)c21. The molecule has 2 fully saturated rings. The molecule has 3 aromatic rings. The predicted molar refractivity (Wildman–Crippen MR) is 111 cm³/mol. The van der Waals surface area contributed by atoms with Crippen molar-refractivity contribution in [1.29, 1.82) is 5.26 Å². The van der Waals surface area contributed by atoms with Crippen molar-refractivity contribution >= 4 is 17.0 Å². The maximum Gasteiger partial charge on any atom is 0.207 e. The summed E-state index contributed by atoms with van der Waals surface area (Å²) in [7, 11) is 0. The first kappa shape index (κ1) is 19.8. The highest BCUT2D eigenvalue weighted by Gasteiger charge is 2.35. The minimum atomic E-state index is -0.664. The van der Waals surface area contributed by atoms with Crippen molar-refractivity contribution in [2.45, 2.75) is 31.5 Å². The summed E-state index contributed by atoms with van der Waals surface area (Å²) in [4.78, 5) is 11.1. The van der Waals surface area contributed by atoms with Gasteiger partial charge in [-0.25, -0.2) is 13.8 Å². The number of rotatable bonds is 3. The van der Waals surface area contributed by atoms with E-state index in [1.165, 1.54) is 12.3 Å². The second-order valence-electron chi connectivity index (χ2n) is 8.00. The molecule has 1 N–H and O–H groups in total. The lowest BCUT2D eigenvalue weighted by molar-refractivity contribution is -0.0137. The zero-order valence-electron chi connectivity index (χ0n) is 17.1. The van der Waals surface area contributed by atoms with Crippen molar-refractivity contribution in [3.63, 3.8) is 0 Å². The molecular formula is C22H22F2N6O. The van der Waals surface area contributed by atoms with Crippen LogP contribution in [-0.4, -0.2) is 52.9 Å². The summed E-state index contributed by atoms with van der Waals surface area (Å²) >= 11 is 0. The monoisotopic (exact) mass is 424 g/mol. The zero-order chi connectivity index (χ0) is 21.5. The molecule has 160 valence electrons. The van der Waals surface area contributed by atoms with Gasteiger partial charge in [-0.2, -0.15) is 5.26 Å². The van der Waals surface area contributed by atoms with Crippen LogP contribution in [-0.2, 0) is 4.74 Å². The highest BCUT2D eigenvalue weighted by atomic mass is 19.1. The van der Waals surface area contributed by atoms with E-state index in [0.717, 1.165) is 19.0 Å². The van der Waals surface area contributed by atoms with Crippen LogP contribution in [0.1, 0.15) is 30.6 Å². The van der Waals surface area contributed by atoms with Crippen molar-refractivity contribution in [2.24, 2.45) is 0 Å². The summed E-state index contributed by atoms with van der Waals surface area (Å²) in [5, 5.41) is 12.5. The van der Waals surface area contributed by atoms with Crippen LogP contribution < -0.4 is 10.2 Å². The normalized spacial score (nSPS) is 22.2. The van der Waals surface area contributed by atoms with Crippen molar-refractivity contribution < 1.29 is 13.5 Å². The number of morpholine rings is 1.